The molecule has 1 rings (SSSR count). The van der Waals surface area contributed by atoms with Crippen molar-refractivity contribution in [3.63, 3.8) is 0 Å². The number of ether oxygens (including phenoxy) is 2. The highest BCUT2D eigenvalue weighted by molar-refractivity contribution is 6.18. The second-order valence-corrected chi connectivity index (χ2v) is 3.32. The van der Waals surface area contributed by atoms with Gasteiger partial charge in [0.2, 0.25) is 5.88 Å². The van der Waals surface area contributed by atoms with Gasteiger partial charge in [-0.15, -0.1) is 11.6 Å². The van der Waals surface area contributed by atoms with Crippen LogP contribution in [0.25, 0.3) is 0 Å². The summed E-state index contributed by atoms with van der Waals surface area (Å²) in [5.41, 5.74) is 0. The van der Waals surface area contributed by atoms with Crippen LogP contribution in [0.15, 0.2) is 18.2 Å². The Bertz CT molecular complexity index is 297. The minimum atomic E-state index is 0.0521. The number of pyridine rings is 1. The minimum Gasteiger partial charge on any atom is -0.481 e. The van der Waals surface area contributed by atoms with Gasteiger partial charge in [-0.1, -0.05) is 6.07 Å². The quantitative estimate of drug-likeness (QED) is 0.757. The van der Waals surface area contributed by atoms with Gasteiger partial charge in [0.05, 0.1) is 19.8 Å². The number of methoxy groups -OCH3 is 2. The first-order valence-electron chi connectivity index (χ1n) is 4.62. The van der Waals surface area contributed by atoms with Crippen LogP contribution in [-0.4, -0.2) is 37.7 Å². The van der Waals surface area contributed by atoms with Gasteiger partial charge in [-0.05, 0) is 6.07 Å². The molecule has 1 unspecified atom stereocenters. The molecule has 0 saturated carbocycles. The van der Waals surface area contributed by atoms with Gasteiger partial charge in [0.25, 0.3) is 0 Å². The van der Waals surface area contributed by atoms with E-state index in [0.717, 1.165) is 5.82 Å². The summed E-state index contributed by atoms with van der Waals surface area (Å²) in [6.07, 6.45) is 0. The number of alkyl halides is 1. The second kappa shape index (κ2) is 6.48. The Kier molecular flexibility index (Phi) is 5.21. The van der Waals surface area contributed by atoms with Crippen LogP contribution >= 0.6 is 11.6 Å². The van der Waals surface area contributed by atoms with Gasteiger partial charge in [0.15, 0.2) is 0 Å². The Morgan fingerprint density at radius 2 is 2.27 bits per heavy atom. The van der Waals surface area contributed by atoms with E-state index in [-0.39, 0.29) is 6.04 Å². The average Bonchev–Trinajstić information content (AvgIpc) is 2.29. The maximum absolute atomic E-state index is 5.77. The fourth-order valence-electron chi connectivity index (χ4n) is 1.14. The molecule has 0 saturated heterocycles. The molecule has 1 aromatic rings. The summed E-state index contributed by atoms with van der Waals surface area (Å²) in [6, 6.07) is 5.57. The first kappa shape index (κ1) is 12.1. The number of rotatable bonds is 6. The van der Waals surface area contributed by atoms with Crippen molar-refractivity contribution in [2.24, 2.45) is 0 Å². The topological polar surface area (TPSA) is 43.4 Å². The first-order valence-corrected chi connectivity index (χ1v) is 5.16. The summed E-state index contributed by atoms with van der Waals surface area (Å²) < 4.78 is 10.0. The van der Waals surface area contributed by atoms with Crippen LogP contribution in [0.1, 0.15) is 0 Å². The molecule has 4 nitrogen and oxygen atoms in total. The summed E-state index contributed by atoms with van der Waals surface area (Å²) >= 11 is 5.77. The number of hydrogen-bond acceptors (Lipinski definition) is 4. The van der Waals surface area contributed by atoms with Crippen molar-refractivity contribution in [1.82, 2.24) is 4.98 Å². The van der Waals surface area contributed by atoms with E-state index < -0.39 is 0 Å². The predicted octanol–water partition coefficient (Wildman–Crippen LogP) is 1.76. The van der Waals surface area contributed by atoms with Gasteiger partial charge in [-0.2, -0.15) is 4.98 Å². The highest BCUT2D eigenvalue weighted by Gasteiger charge is 2.07. The first-order chi connectivity index (χ1) is 7.30. The average molecular weight is 231 g/mol. The van der Waals surface area contributed by atoms with Gasteiger partial charge in [-0.3, -0.25) is 0 Å². The second-order valence-electron chi connectivity index (χ2n) is 3.02. The molecule has 1 heterocycles. The fourth-order valence-corrected chi connectivity index (χ4v) is 1.31. The molecule has 0 bridgehead atoms. The molecule has 84 valence electrons. The summed E-state index contributed by atoms with van der Waals surface area (Å²) in [6.45, 7) is 0.544. The molecule has 0 fully saturated rings. The minimum absolute atomic E-state index is 0.0521. The summed E-state index contributed by atoms with van der Waals surface area (Å²) in [4.78, 5) is 4.21. The van der Waals surface area contributed by atoms with Crippen molar-refractivity contribution in [3.8, 4) is 5.88 Å². The van der Waals surface area contributed by atoms with E-state index in [2.05, 4.69) is 10.3 Å². The van der Waals surface area contributed by atoms with Crippen LogP contribution < -0.4 is 10.1 Å². The third kappa shape index (κ3) is 3.93. The molecule has 0 aromatic carbocycles. The molecule has 0 aliphatic rings. The third-order valence-electron chi connectivity index (χ3n) is 1.84. The van der Waals surface area contributed by atoms with E-state index in [4.69, 9.17) is 21.1 Å². The van der Waals surface area contributed by atoms with E-state index in [1.165, 1.54) is 0 Å². The maximum atomic E-state index is 5.77. The molecule has 0 aliphatic heterocycles. The van der Waals surface area contributed by atoms with Crippen LogP contribution in [0.5, 0.6) is 5.88 Å². The van der Waals surface area contributed by atoms with Crippen LogP contribution in [0, 0.1) is 0 Å². The summed E-state index contributed by atoms with van der Waals surface area (Å²) in [7, 11) is 3.22. The van der Waals surface area contributed by atoms with Crippen LogP contribution in [-0.2, 0) is 4.74 Å². The van der Waals surface area contributed by atoms with Crippen LogP contribution in [0.3, 0.4) is 0 Å². The molecule has 15 heavy (non-hydrogen) atoms. The third-order valence-corrected chi connectivity index (χ3v) is 2.21. The summed E-state index contributed by atoms with van der Waals surface area (Å²) in [5.74, 6) is 1.77. The van der Waals surface area contributed by atoms with Gasteiger partial charge >= 0.3 is 0 Å². The number of nitrogens with zero attached hydrogens (tertiary/aromatic N) is 1. The highest BCUT2D eigenvalue weighted by Crippen LogP contribution is 2.12. The van der Waals surface area contributed by atoms with E-state index in [1.807, 2.05) is 12.1 Å². The molecular formula is C10H15ClN2O2. The van der Waals surface area contributed by atoms with Gasteiger partial charge in [0.1, 0.15) is 5.82 Å². The maximum Gasteiger partial charge on any atom is 0.214 e. The van der Waals surface area contributed by atoms with Crippen molar-refractivity contribution in [1.29, 1.82) is 0 Å². The van der Waals surface area contributed by atoms with Crippen molar-refractivity contribution in [3.05, 3.63) is 18.2 Å². The molecular weight excluding hydrogens is 216 g/mol. The Morgan fingerprint density at radius 3 is 2.87 bits per heavy atom. The number of aromatic nitrogens is 1. The predicted molar refractivity (Wildman–Crippen MR) is 60.8 cm³/mol. The monoisotopic (exact) mass is 230 g/mol. The normalized spacial score (nSPS) is 12.2. The van der Waals surface area contributed by atoms with Crippen molar-refractivity contribution >= 4 is 17.4 Å². The lowest BCUT2D eigenvalue weighted by atomic mass is 10.3. The number of halogens is 1. The number of anilines is 1. The largest absolute Gasteiger partial charge is 0.481 e. The van der Waals surface area contributed by atoms with Crippen LogP contribution in [0.2, 0.25) is 0 Å². The molecule has 0 spiro atoms. The smallest absolute Gasteiger partial charge is 0.214 e. The Morgan fingerprint density at radius 1 is 1.47 bits per heavy atom. The van der Waals surface area contributed by atoms with E-state index >= 15 is 0 Å². The lowest BCUT2D eigenvalue weighted by molar-refractivity contribution is 0.191. The highest BCUT2D eigenvalue weighted by atomic mass is 35.5. The van der Waals surface area contributed by atoms with Crippen molar-refractivity contribution in [2.75, 3.05) is 32.0 Å². The molecule has 5 heteroatoms. The lowest BCUT2D eigenvalue weighted by Crippen LogP contribution is -2.27. The molecule has 0 radical (unpaired) electrons. The molecule has 1 N–H and O–H groups in total. The zero-order valence-corrected chi connectivity index (χ0v) is 9.62. The Labute approximate surface area is 94.6 Å². The number of hydrogen-bond donors (Lipinski definition) is 1. The molecule has 0 amide bonds. The molecule has 1 atom stereocenters. The summed E-state index contributed by atoms with van der Waals surface area (Å²) in [5, 5.41) is 3.16. The SMILES string of the molecule is COCC(CCl)Nc1cccc(OC)n1. The number of nitrogens with one attached hydrogen (secondary N) is 1. The van der Waals surface area contributed by atoms with Crippen molar-refractivity contribution in [2.45, 2.75) is 6.04 Å². The Balaban J connectivity index is 2.61. The molecule has 1 aromatic heterocycles. The zero-order valence-electron chi connectivity index (χ0n) is 8.87. The fraction of sp³-hybridized carbons (Fsp3) is 0.500. The lowest BCUT2D eigenvalue weighted by Gasteiger charge is -2.15. The van der Waals surface area contributed by atoms with E-state index in [0.29, 0.717) is 18.4 Å². The van der Waals surface area contributed by atoms with E-state index in [9.17, 15) is 0 Å². The van der Waals surface area contributed by atoms with Crippen LogP contribution in [0.4, 0.5) is 5.82 Å². The standard InChI is InChI=1S/C10H15ClN2O2/c1-14-7-8(6-11)12-9-4-3-5-10(13-9)15-2/h3-5,8H,6-7H2,1-2H3,(H,12,13). The van der Waals surface area contributed by atoms with Gasteiger partial charge < -0.3 is 14.8 Å². The van der Waals surface area contributed by atoms with E-state index in [1.54, 1.807) is 20.3 Å². The van der Waals surface area contributed by atoms with Gasteiger partial charge in [-0.25, -0.2) is 0 Å². The molecule has 0 aliphatic carbocycles. The van der Waals surface area contributed by atoms with Gasteiger partial charge in [0, 0.05) is 19.1 Å². The zero-order chi connectivity index (χ0) is 11.1. The van der Waals surface area contributed by atoms with Crippen molar-refractivity contribution < 1.29 is 9.47 Å². The Hall–Kier alpha value is -1.00.